The fourth-order valence-corrected chi connectivity index (χ4v) is 3.16. The summed E-state index contributed by atoms with van der Waals surface area (Å²) >= 11 is 0. The monoisotopic (exact) mass is 442 g/mol. The van der Waals surface area contributed by atoms with Gasteiger partial charge >= 0.3 is 0 Å². The molecule has 0 aliphatic rings. The Hall–Kier alpha value is -3.22. The van der Waals surface area contributed by atoms with E-state index < -0.39 is 0 Å². The van der Waals surface area contributed by atoms with E-state index >= 15 is 0 Å². The number of unbranched alkanes of at least 4 members (excludes halogenated alkanes) is 5. The van der Waals surface area contributed by atoms with Crippen LogP contribution in [0.4, 0.5) is 0 Å². The van der Waals surface area contributed by atoms with Gasteiger partial charge in [0.2, 0.25) is 5.75 Å². The summed E-state index contributed by atoms with van der Waals surface area (Å²) in [6.45, 7) is 2.95. The largest absolute Gasteiger partial charge is 0.494 e. The van der Waals surface area contributed by atoms with E-state index in [2.05, 4.69) is 17.5 Å². The molecule has 0 aliphatic carbocycles. The van der Waals surface area contributed by atoms with Crippen LogP contribution in [-0.4, -0.2) is 40.1 Å². The van der Waals surface area contributed by atoms with Crippen molar-refractivity contribution in [2.24, 2.45) is 5.10 Å². The molecule has 0 aromatic heterocycles. The summed E-state index contributed by atoms with van der Waals surface area (Å²) in [4.78, 5) is 12.5. The number of nitrogens with zero attached hydrogens (tertiary/aromatic N) is 1. The second-order valence-electron chi connectivity index (χ2n) is 7.30. The molecule has 174 valence electrons. The Labute approximate surface area is 190 Å². The maximum Gasteiger partial charge on any atom is 0.271 e. The van der Waals surface area contributed by atoms with Crippen LogP contribution in [0.3, 0.4) is 0 Å². The van der Waals surface area contributed by atoms with Gasteiger partial charge in [-0.05, 0) is 48.4 Å². The molecule has 0 saturated heterocycles. The first-order valence-corrected chi connectivity index (χ1v) is 11.0. The molecule has 2 aromatic carbocycles. The van der Waals surface area contributed by atoms with Gasteiger partial charge in [-0.3, -0.25) is 4.79 Å². The summed E-state index contributed by atoms with van der Waals surface area (Å²) in [6.07, 6.45) is 9.01. The van der Waals surface area contributed by atoms with E-state index in [-0.39, 0.29) is 5.91 Å². The topological polar surface area (TPSA) is 78.4 Å². The Morgan fingerprint density at radius 1 is 0.906 bits per heavy atom. The van der Waals surface area contributed by atoms with Crippen molar-refractivity contribution in [1.82, 2.24) is 5.43 Å². The van der Waals surface area contributed by atoms with Crippen LogP contribution >= 0.6 is 0 Å². The molecule has 7 heteroatoms. The molecular weight excluding hydrogens is 408 g/mol. The third-order valence-corrected chi connectivity index (χ3v) is 4.95. The van der Waals surface area contributed by atoms with Crippen molar-refractivity contribution >= 4 is 12.1 Å². The summed E-state index contributed by atoms with van der Waals surface area (Å²) in [5, 5.41) is 4.03. The molecule has 0 spiro atoms. The molecule has 0 unspecified atom stereocenters. The lowest BCUT2D eigenvalue weighted by Gasteiger charge is -2.13. The zero-order valence-corrected chi connectivity index (χ0v) is 19.5. The molecule has 0 saturated carbocycles. The normalized spacial score (nSPS) is 10.8. The summed E-state index contributed by atoms with van der Waals surface area (Å²) in [5.41, 5.74) is 3.70. The molecule has 7 nitrogen and oxygen atoms in total. The summed E-state index contributed by atoms with van der Waals surface area (Å²) in [5.74, 6) is 1.67. The number of amides is 1. The number of methoxy groups -OCH3 is 3. The van der Waals surface area contributed by atoms with E-state index in [0.29, 0.717) is 22.8 Å². The molecule has 0 heterocycles. The van der Waals surface area contributed by atoms with Gasteiger partial charge < -0.3 is 18.9 Å². The van der Waals surface area contributed by atoms with E-state index in [9.17, 15) is 4.79 Å². The predicted octanol–water partition coefficient (Wildman–Crippen LogP) is 5.22. The minimum Gasteiger partial charge on any atom is -0.494 e. The lowest BCUT2D eigenvalue weighted by molar-refractivity contribution is 0.0954. The summed E-state index contributed by atoms with van der Waals surface area (Å²) < 4.78 is 21.6. The van der Waals surface area contributed by atoms with Crippen LogP contribution in [0.5, 0.6) is 23.0 Å². The maximum atomic E-state index is 12.5. The second kappa shape index (κ2) is 14.0. The first-order chi connectivity index (χ1) is 15.6. The zero-order valence-electron chi connectivity index (χ0n) is 19.5. The average Bonchev–Trinajstić information content (AvgIpc) is 2.83. The number of hydrogen-bond acceptors (Lipinski definition) is 6. The Kier molecular flexibility index (Phi) is 10.9. The van der Waals surface area contributed by atoms with Crippen LogP contribution in [0.25, 0.3) is 0 Å². The van der Waals surface area contributed by atoms with Gasteiger partial charge in [0.25, 0.3) is 5.91 Å². The standard InChI is InChI=1S/C25H34N2O5/c1-5-6-7-8-9-10-15-32-21-13-11-19(12-14-21)18-26-27-25(28)20-16-22(29-2)24(31-4)23(17-20)30-3/h11-14,16-18H,5-10,15H2,1-4H3,(H,27,28). The fraction of sp³-hybridized carbons (Fsp3) is 0.440. The maximum absolute atomic E-state index is 12.5. The molecule has 0 bridgehead atoms. The molecule has 32 heavy (non-hydrogen) atoms. The first-order valence-electron chi connectivity index (χ1n) is 11.0. The molecule has 1 N–H and O–H groups in total. The van der Waals surface area contributed by atoms with Gasteiger partial charge in [-0.2, -0.15) is 5.10 Å². The smallest absolute Gasteiger partial charge is 0.271 e. The van der Waals surface area contributed by atoms with Gasteiger partial charge in [-0.1, -0.05) is 39.0 Å². The molecule has 0 radical (unpaired) electrons. The third kappa shape index (κ3) is 7.80. The number of ether oxygens (including phenoxy) is 4. The number of benzene rings is 2. The highest BCUT2D eigenvalue weighted by atomic mass is 16.5. The van der Waals surface area contributed by atoms with Crippen molar-refractivity contribution in [3.8, 4) is 23.0 Å². The number of nitrogens with one attached hydrogen (secondary N) is 1. The van der Waals surface area contributed by atoms with Crippen LogP contribution < -0.4 is 24.4 Å². The van der Waals surface area contributed by atoms with Gasteiger partial charge in [0, 0.05) is 5.56 Å². The highest BCUT2D eigenvalue weighted by Crippen LogP contribution is 2.38. The van der Waals surface area contributed by atoms with Gasteiger partial charge in [0.1, 0.15) is 5.75 Å². The molecule has 0 atom stereocenters. The number of carbonyl (C=O) groups is 1. The fourth-order valence-electron chi connectivity index (χ4n) is 3.16. The van der Waals surface area contributed by atoms with Gasteiger partial charge in [0.15, 0.2) is 11.5 Å². The summed E-state index contributed by atoms with van der Waals surface area (Å²) in [6, 6.07) is 10.7. The van der Waals surface area contributed by atoms with E-state index in [1.165, 1.54) is 53.4 Å². The Morgan fingerprint density at radius 2 is 1.53 bits per heavy atom. The molecule has 1 amide bonds. The van der Waals surface area contributed by atoms with Crippen molar-refractivity contribution in [1.29, 1.82) is 0 Å². The second-order valence-corrected chi connectivity index (χ2v) is 7.30. The van der Waals surface area contributed by atoms with E-state index in [4.69, 9.17) is 18.9 Å². The minimum absolute atomic E-state index is 0.343. The molecule has 0 fully saturated rings. The number of rotatable bonds is 14. The Balaban J connectivity index is 1.84. The molecule has 0 aliphatic heterocycles. The number of hydrogen-bond donors (Lipinski definition) is 1. The van der Waals surface area contributed by atoms with Crippen molar-refractivity contribution in [3.05, 3.63) is 47.5 Å². The van der Waals surface area contributed by atoms with Crippen molar-refractivity contribution in [3.63, 3.8) is 0 Å². The Morgan fingerprint density at radius 3 is 2.12 bits per heavy atom. The van der Waals surface area contributed by atoms with Crippen LogP contribution in [0, 0.1) is 0 Å². The lowest BCUT2D eigenvalue weighted by Crippen LogP contribution is -2.18. The van der Waals surface area contributed by atoms with E-state index in [1.807, 2.05) is 24.3 Å². The van der Waals surface area contributed by atoms with Crippen LogP contribution in [0.15, 0.2) is 41.5 Å². The molecule has 2 aromatic rings. The van der Waals surface area contributed by atoms with Crippen molar-refractivity contribution in [2.75, 3.05) is 27.9 Å². The molecular formula is C25H34N2O5. The van der Waals surface area contributed by atoms with Gasteiger partial charge in [-0.25, -0.2) is 5.43 Å². The lowest BCUT2D eigenvalue weighted by atomic mass is 10.1. The van der Waals surface area contributed by atoms with Gasteiger partial charge in [-0.15, -0.1) is 0 Å². The number of carbonyl (C=O) groups excluding carboxylic acids is 1. The van der Waals surface area contributed by atoms with E-state index in [1.54, 1.807) is 18.3 Å². The van der Waals surface area contributed by atoms with Crippen molar-refractivity contribution in [2.45, 2.75) is 45.4 Å². The van der Waals surface area contributed by atoms with Gasteiger partial charge in [0.05, 0.1) is 34.2 Å². The summed E-state index contributed by atoms with van der Waals surface area (Å²) in [7, 11) is 4.51. The predicted molar refractivity (Wildman–Crippen MR) is 126 cm³/mol. The number of hydrazone groups is 1. The van der Waals surface area contributed by atoms with E-state index in [0.717, 1.165) is 24.3 Å². The van der Waals surface area contributed by atoms with Crippen LogP contribution in [0.1, 0.15) is 61.4 Å². The minimum atomic E-state index is -0.389. The zero-order chi connectivity index (χ0) is 23.2. The highest BCUT2D eigenvalue weighted by molar-refractivity contribution is 5.96. The van der Waals surface area contributed by atoms with Crippen LogP contribution in [-0.2, 0) is 0 Å². The highest BCUT2D eigenvalue weighted by Gasteiger charge is 2.16. The first kappa shape index (κ1) is 25.0. The third-order valence-electron chi connectivity index (χ3n) is 4.95. The Bertz CT molecular complexity index is 840. The van der Waals surface area contributed by atoms with Crippen molar-refractivity contribution < 1.29 is 23.7 Å². The molecule has 2 rings (SSSR count). The quantitative estimate of drug-likeness (QED) is 0.247. The van der Waals surface area contributed by atoms with Crippen LogP contribution in [0.2, 0.25) is 0 Å². The SMILES string of the molecule is CCCCCCCCOc1ccc(C=NNC(=O)c2cc(OC)c(OC)c(OC)c2)cc1. The average molecular weight is 443 g/mol.